The lowest BCUT2D eigenvalue weighted by atomic mass is 10.0. The quantitative estimate of drug-likeness (QED) is 0.230. The van der Waals surface area contributed by atoms with E-state index in [1.165, 1.54) is 25.7 Å². The van der Waals surface area contributed by atoms with Gasteiger partial charge < -0.3 is 21.1 Å². The summed E-state index contributed by atoms with van der Waals surface area (Å²) in [7, 11) is 0. The SMILES string of the molecule is Cc1cccc(NC(=O)Nc2ccc(-c3ccc(OC(CN4CCCC4)N4CCCC4)c4[nH]nc(N)c34)cc2)c1. The van der Waals surface area contributed by atoms with Crippen LogP contribution in [-0.4, -0.2) is 65.0 Å². The summed E-state index contributed by atoms with van der Waals surface area (Å²) in [5.41, 5.74) is 11.6. The van der Waals surface area contributed by atoms with Crippen LogP contribution in [-0.2, 0) is 0 Å². The molecule has 6 rings (SSSR count). The molecule has 0 radical (unpaired) electrons. The van der Waals surface area contributed by atoms with Crippen molar-refractivity contribution in [1.82, 2.24) is 20.0 Å². The number of benzene rings is 3. The van der Waals surface area contributed by atoms with Crippen molar-refractivity contribution in [3.8, 4) is 16.9 Å². The summed E-state index contributed by atoms with van der Waals surface area (Å²) in [6.07, 6.45) is 4.94. The van der Waals surface area contributed by atoms with E-state index in [1.54, 1.807) is 0 Å². The number of aromatic amines is 1. The van der Waals surface area contributed by atoms with Crippen molar-refractivity contribution < 1.29 is 9.53 Å². The van der Waals surface area contributed by atoms with Gasteiger partial charge in [-0.2, -0.15) is 5.10 Å². The number of hydrogen-bond acceptors (Lipinski definition) is 6. The van der Waals surface area contributed by atoms with Crippen LogP contribution in [0, 0.1) is 6.92 Å². The molecule has 2 saturated heterocycles. The summed E-state index contributed by atoms with van der Waals surface area (Å²) in [6.45, 7) is 7.29. The molecular formula is C31H37N7O2. The van der Waals surface area contributed by atoms with Crippen molar-refractivity contribution in [2.24, 2.45) is 0 Å². The molecule has 9 nitrogen and oxygen atoms in total. The van der Waals surface area contributed by atoms with Gasteiger partial charge in [-0.25, -0.2) is 4.79 Å². The Balaban J connectivity index is 1.20. The number of fused-ring (bicyclic) bond motifs is 1. The Labute approximate surface area is 234 Å². The van der Waals surface area contributed by atoms with E-state index in [2.05, 4.69) is 30.6 Å². The highest BCUT2D eigenvalue weighted by Crippen LogP contribution is 2.37. The van der Waals surface area contributed by atoms with E-state index in [-0.39, 0.29) is 12.3 Å². The van der Waals surface area contributed by atoms with Crippen molar-refractivity contribution in [2.45, 2.75) is 38.8 Å². The zero-order valence-electron chi connectivity index (χ0n) is 23.0. The zero-order chi connectivity index (χ0) is 27.5. The Hall–Kier alpha value is -4.08. The molecule has 0 bridgehead atoms. The number of anilines is 3. The Bertz CT molecular complexity index is 1470. The summed E-state index contributed by atoms with van der Waals surface area (Å²) in [5, 5.41) is 14.1. The Morgan fingerprint density at radius 2 is 1.70 bits per heavy atom. The minimum Gasteiger partial charge on any atom is -0.471 e. The van der Waals surface area contributed by atoms with Gasteiger partial charge >= 0.3 is 6.03 Å². The topological polar surface area (TPSA) is 112 Å². The van der Waals surface area contributed by atoms with E-state index in [4.69, 9.17) is 10.5 Å². The van der Waals surface area contributed by atoms with Crippen molar-refractivity contribution >= 4 is 34.1 Å². The first kappa shape index (κ1) is 26.2. The van der Waals surface area contributed by atoms with Gasteiger partial charge in [0.15, 0.2) is 12.0 Å². The number of aryl methyl sites for hydroxylation is 1. The van der Waals surface area contributed by atoms with Gasteiger partial charge in [0.2, 0.25) is 0 Å². The normalized spacial score (nSPS) is 16.8. The van der Waals surface area contributed by atoms with Crippen LogP contribution in [0.25, 0.3) is 22.0 Å². The smallest absolute Gasteiger partial charge is 0.323 e. The number of carbonyl (C=O) groups excluding carboxylic acids is 1. The van der Waals surface area contributed by atoms with E-state index in [0.717, 1.165) is 71.8 Å². The lowest BCUT2D eigenvalue weighted by Gasteiger charge is -2.31. The highest BCUT2D eigenvalue weighted by molar-refractivity contribution is 6.04. The van der Waals surface area contributed by atoms with E-state index < -0.39 is 0 Å². The molecule has 40 heavy (non-hydrogen) atoms. The largest absolute Gasteiger partial charge is 0.471 e. The number of hydrogen-bond donors (Lipinski definition) is 4. The van der Waals surface area contributed by atoms with Gasteiger partial charge in [-0.15, -0.1) is 0 Å². The molecule has 1 unspecified atom stereocenters. The maximum Gasteiger partial charge on any atom is 0.323 e. The molecule has 0 aliphatic carbocycles. The standard InChI is InChI=1S/C31H37N7O2/c1-21-7-6-8-24(19-21)34-31(39)33-23-11-9-22(10-12-23)25-13-14-26(29-28(25)30(32)36-35-29)40-27(38-17-4-5-18-38)20-37-15-2-3-16-37/h6-14,19,27H,2-5,15-18,20H2,1H3,(H3,32,35,36)(H2,33,34,39). The number of nitrogen functional groups attached to an aromatic ring is 1. The number of nitrogens with two attached hydrogens (primary N) is 1. The molecule has 2 aliphatic rings. The highest BCUT2D eigenvalue weighted by Gasteiger charge is 2.28. The van der Waals surface area contributed by atoms with E-state index in [0.29, 0.717) is 11.5 Å². The molecule has 2 aliphatic heterocycles. The van der Waals surface area contributed by atoms with Crippen LogP contribution >= 0.6 is 0 Å². The van der Waals surface area contributed by atoms with E-state index >= 15 is 0 Å². The van der Waals surface area contributed by atoms with Crippen LogP contribution in [0.1, 0.15) is 31.2 Å². The number of ether oxygens (including phenoxy) is 1. The lowest BCUT2D eigenvalue weighted by molar-refractivity contribution is 0.0186. The molecule has 9 heteroatoms. The van der Waals surface area contributed by atoms with Gasteiger partial charge in [0.25, 0.3) is 0 Å². The van der Waals surface area contributed by atoms with Crippen LogP contribution in [0.2, 0.25) is 0 Å². The van der Waals surface area contributed by atoms with Crippen molar-refractivity contribution in [2.75, 3.05) is 49.1 Å². The van der Waals surface area contributed by atoms with E-state index in [9.17, 15) is 4.79 Å². The molecule has 208 valence electrons. The third-order valence-corrected chi connectivity index (χ3v) is 7.87. The Morgan fingerprint density at radius 1 is 0.975 bits per heavy atom. The highest BCUT2D eigenvalue weighted by atomic mass is 16.5. The number of aromatic nitrogens is 2. The number of likely N-dealkylation sites (tertiary alicyclic amines) is 2. The maximum absolute atomic E-state index is 12.5. The number of urea groups is 1. The van der Waals surface area contributed by atoms with Gasteiger partial charge in [0.1, 0.15) is 11.3 Å². The molecule has 2 fully saturated rings. The fraction of sp³-hybridized carbons (Fsp3) is 0.355. The summed E-state index contributed by atoms with van der Waals surface area (Å²) in [6, 6.07) is 19.2. The summed E-state index contributed by atoms with van der Waals surface area (Å²) < 4.78 is 6.70. The third-order valence-electron chi connectivity index (χ3n) is 7.87. The second-order valence-electron chi connectivity index (χ2n) is 10.8. The van der Waals surface area contributed by atoms with Gasteiger partial charge in [-0.1, -0.05) is 24.3 Å². The molecule has 2 amide bonds. The average molecular weight is 540 g/mol. The number of amides is 2. The fourth-order valence-electron chi connectivity index (χ4n) is 5.81. The number of carbonyl (C=O) groups is 1. The van der Waals surface area contributed by atoms with Crippen LogP contribution in [0.4, 0.5) is 22.0 Å². The van der Waals surface area contributed by atoms with Crippen LogP contribution in [0.5, 0.6) is 5.75 Å². The molecule has 1 atom stereocenters. The molecule has 4 aromatic rings. The van der Waals surface area contributed by atoms with Crippen molar-refractivity contribution in [1.29, 1.82) is 0 Å². The Kier molecular flexibility index (Phi) is 7.57. The van der Waals surface area contributed by atoms with Crippen LogP contribution in [0.3, 0.4) is 0 Å². The number of H-pyrrole nitrogens is 1. The third kappa shape index (κ3) is 5.76. The summed E-state index contributed by atoms with van der Waals surface area (Å²) >= 11 is 0. The summed E-state index contributed by atoms with van der Waals surface area (Å²) in [4.78, 5) is 17.5. The number of rotatable bonds is 8. The molecule has 1 aromatic heterocycles. The van der Waals surface area contributed by atoms with Crippen molar-refractivity contribution in [3.05, 3.63) is 66.2 Å². The molecule has 3 heterocycles. The van der Waals surface area contributed by atoms with Crippen molar-refractivity contribution in [3.63, 3.8) is 0 Å². The molecular weight excluding hydrogens is 502 g/mol. The first-order valence-electron chi connectivity index (χ1n) is 14.2. The second kappa shape index (κ2) is 11.6. The fourth-order valence-corrected chi connectivity index (χ4v) is 5.81. The van der Waals surface area contributed by atoms with Gasteiger partial charge in [-0.05, 0) is 98.8 Å². The minimum absolute atomic E-state index is 0.00419. The lowest BCUT2D eigenvalue weighted by Crippen LogP contribution is -2.45. The first-order valence-corrected chi connectivity index (χ1v) is 14.2. The molecule has 3 aromatic carbocycles. The maximum atomic E-state index is 12.5. The number of nitrogens with one attached hydrogen (secondary N) is 3. The molecule has 5 N–H and O–H groups in total. The Morgan fingerprint density at radius 3 is 2.45 bits per heavy atom. The first-order chi connectivity index (χ1) is 19.5. The number of nitrogens with zero attached hydrogens (tertiary/aromatic N) is 3. The predicted molar refractivity (Wildman–Crippen MR) is 161 cm³/mol. The van der Waals surface area contributed by atoms with E-state index in [1.807, 2.05) is 67.6 Å². The van der Waals surface area contributed by atoms with Crippen LogP contribution < -0.4 is 21.1 Å². The summed E-state index contributed by atoms with van der Waals surface area (Å²) in [5.74, 6) is 1.21. The monoisotopic (exact) mass is 539 g/mol. The van der Waals surface area contributed by atoms with Gasteiger partial charge in [0.05, 0.1) is 5.39 Å². The van der Waals surface area contributed by atoms with Gasteiger partial charge in [-0.3, -0.25) is 14.9 Å². The predicted octanol–water partition coefficient (Wildman–Crippen LogP) is 5.66. The average Bonchev–Trinajstić information content (AvgIpc) is 3.73. The van der Waals surface area contributed by atoms with Crippen LogP contribution in [0.15, 0.2) is 60.7 Å². The minimum atomic E-state index is -0.289. The molecule has 0 spiro atoms. The second-order valence-corrected chi connectivity index (χ2v) is 10.8. The zero-order valence-corrected chi connectivity index (χ0v) is 23.0. The van der Waals surface area contributed by atoms with Gasteiger partial charge in [0, 0.05) is 31.0 Å². The molecule has 0 saturated carbocycles.